The Bertz CT molecular complexity index is 868. The highest BCUT2D eigenvalue weighted by Crippen LogP contribution is 2.23. The van der Waals surface area contributed by atoms with Crippen LogP contribution in [-0.2, 0) is 17.8 Å². The number of morpholine rings is 1. The summed E-state index contributed by atoms with van der Waals surface area (Å²) in [5, 5.41) is 10.8. The van der Waals surface area contributed by atoms with E-state index in [1.807, 2.05) is 30.5 Å². The molecule has 0 saturated carbocycles. The molecule has 2 aromatic carbocycles. The minimum absolute atomic E-state index is 0.753. The quantitative estimate of drug-likeness (QED) is 0.661. The fourth-order valence-corrected chi connectivity index (χ4v) is 3.44. The van der Waals surface area contributed by atoms with Crippen molar-refractivity contribution in [3.63, 3.8) is 0 Å². The van der Waals surface area contributed by atoms with Gasteiger partial charge in [-0.25, -0.2) is 0 Å². The number of hydrogen-bond donors (Lipinski definition) is 2. The Morgan fingerprint density at radius 2 is 1.79 bits per heavy atom. The fraction of sp³-hybridized carbons (Fsp3) is 0.318. The Kier molecular flexibility index (Phi) is 5.89. The summed E-state index contributed by atoms with van der Waals surface area (Å²) >= 11 is 0. The third-order valence-corrected chi connectivity index (χ3v) is 5.05. The number of anilines is 1. The van der Waals surface area contributed by atoms with E-state index in [0.29, 0.717) is 0 Å². The molecule has 28 heavy (non-hydrogen) atoms. The SMILES string of the molecule is COc1ccc(-c2[nH]ncc2CNCc2ccc(N3CCOCC3)cc2)cc1. The number of aromatic nitrogens is 2. The molecule has 0 aliphatic carbocycles. The number of hydrogen-bond acceptors (Lipinski definition) is 5. The largest absolute Gasteiger partial charge is 0.497 e. The molecule has 1 aliphatic rings. The second kappa shape index (κ2) is 8.91. The van der Waals surface area contributed by atoms with Gasteiger partial charge in [0.2, 0.25) is 0 Å². The molecule has 1 fully saturated rings. The van der Waals surface area contributed by atoms with Crippen molar-refractivity contribution in [2.24, 2.45) is 0 Å². The first kappa shape index (κ1) is 18.5. The third-order valence-electron chi connectivity index (χ3n) is 5.05. The van der Waals surface area contributed by atoms with Gasteiger partial charge in [-0.1, -0.05) is 12.1 Å². The predicted octanol–water partition coefficient (Wildman–Crippen LogP) is 3.21. The summed E-state index contributed by atoms with van der Waals surface area (Å²) < 4.78 is 10.7. The van der Waals surface area contributed by atoms with Crippen LogP contribution < -0.4 is 15.0 Å². The van der Waals surface area contributed by atoms with Crippen LogP contribution in [0.15, 0.2) is 54.7 Å². The Labute approximate surface area is 165 Å². The maximum atomic E-state index is 5.42. The van der Waals surface area contributed by atoms with E-state index in [2.05, 4.69) is 44.7 Å². The molecule has 2 heterocycles. The summed E-state index contributed by atoms with van der Waals surface area (Å²) in [7, 11) is 1.67. The first-order chi connectivity index (χ1) is 13.8. The van der Waals surface area contributed by atoms with Gasteiger partial charge in [0.1, 0.15) is 5.75 Å². The van der Waals surface area contributed by atoms with Crippen molar-refractivity contribution in [2.45, 2.75) is 13.1 Å². The molecule has 6 nitrogen and oxygen atoms in total. The van der Waals surface area contributed by atoms with Crippen molar-refractivity contribution < 1.29 is 9.47 Å². The molecule has 1 saturated heterocycles. The Balaban J connectivity index is 1.33. The van der Waals surface area contributed by atoms with Crippen molar-refractivity contribution >= 4 is 5.69 Å². The Hall–Kier alpha value is -2.83. The summed E-state index contributed by atoms with van der Waals surface area (Å²) in [5.41, 5.74) is 5.83. The zero-order valence-corrected chi connectivity index (χ0v) is 16.1. The zero-order valence-electron chi connectivity index (χ0n) is 16.1. The summed E-state index contributed by atoms with van der Waals surface area (Å²) in [6, 6.07) is 16.8. The lowest BCUT2D eigenvalue weighted by atomic mass is 10.1. The minimum Gasteiger partial charge on any atom is -0.497 e. The minimum atomic E-state index is 0.753. The van der Waals surface area contributed by atoms with Crippen LogP contribution in [0.4, 0.5) is 5.69 Å². The molecule has 146 valence electrons. The molecule has 2 N–H and O–H groups in total. The van der Waals surface area contributed by atoms with Gasteiger partial charge in [0.15, 0.2) is 0 Å². The van der Waals surface area contributed by atoms with E-state index in [9.17, 15) is 0 Å². The van der Waals surface area contributed by atoms with E-state index in [1.165, 1.54) is 11.3 Å². The summed E-state index contributed by atoms with van der Waals surface area (Å²) in [5.74, 6) is 0.850. The van der Waals surface area contributed by atoms with Crippen LogP contribution in [0, 0.1) is 0 Å². The van der Waals surface area contributed by atoms with Crippen LogP contribution in [0.3, 0.4) is 0 Å². The fourth-order valence-electron chi connectivity index (χ4n) is 3.44. The number of aromatic amines is 1. The molecule has 4 rings (SSSR count). The second-order valence-corrected chi connectivity index (χ2v) is 6.87. The molecule has 1 aromatic heterocycles. The monoisotopic (exact) mass is 378 g/mol. The number of methoxy groups -OCH3 is 1. The van der Waals surface area contributed by atoms with Gasteiger partial charge in [0.25, 0.3) is 0 Å². The maximum Gasteiger partial charge on any atom is 0.118 e. The van der Waals surface area contributed by atoms with Crippen LogP contribution in [-0.4, -0.2) is 43.6 Å². The number of nitrogens with one attached hydrogen (secondary N) is 2. The number of benzene rings is 2. The molecule has 0 amide bonds. The van der Waals surface area contributed by atoms with E-state index in [-0.39, 0.29) is 0 Å². The molecule has 0 spiro atoms. The number of nitrogens with zero attached hydrogens (tertiary/aromatic N) is 2. The van der Waals surface area contributed by atoms with E-state index in [0.717, 1.165) is 62.0 Å². The lowest BCUT2D eigenvalue weighted by Crippen LogP contribution is -2.36. The van der Waals surface area contributed by atoms with Gasteiger partial charge < -0.3 is 19.7 Å². The molecular weight excluding hydrogens is 352 g/mol. The van der Waals surface area contributed by atoms with Crippen LogP contribution in [0.2, 0.25) is 0 Å². The van der Waals surface area contributed by atoms with Crippen LogP contribution >= 0.6 is 0 Å². The lowest BCUT2D eigenvalue weighted by molar-refractivity contribution is 0.122. The van der Waals surface area contributed by atoms with E-state index >= 15 is 0 Å². The molecule has 6 heteroatoms. The highest BCUT2D eigenvalue weighted by molar-refractivity contribution is 5.63. The average Bonchev–Trinajstić information content (AvgIpc) is 3.23. The van der Waals surface area contributed by atoms with Crippen molar-refractivity contribution in [3.8, 4) is 17.0 Å². The highest BCUT2D eigenvalue weighted by atomic mass is 16.5. The Morgan fingerprint density at radius 1 is 1.04 bits per heavy atom. The van der Waals surface area contributed by atoms with Gasteiger partial charge in [-0.3, -0.25) is 5.10 Å². The van der Waals surface area contributed by atoms with Crippen LogP contribution in [0.5, 0.6) is 5.75 Å². The average molecular weight is 378 g/mol. The smallest absolute Gasteiger partial charge is 0.118 e. The van der Waals surface area contributed by atoms with Crippen molar-refractivity contribution in [3.05, 3.63) is 65.9 Å². The van der Waals surface area contributed by atoms with Crippen molar-refractivity contribution in [2.75, 3.05) is 38.3 Å². The summed E-state index contributed by atoms with van der Waals surface area (Å²) in [4.78, 5) is 2.37. The topological polar surface area (TPSA) is 62.4 Å². The first-order valence-corrected chi connectivity index (χ1v) is 9.62. The highest BCUT2D eigenvalue weighted by Gasteiger charge is 2.11. The molecule has 0 atom stereocenters. The van der Waals surface area contributed by atoms with Gasteiger partial charge in [0, 0.05) is 43.0 Å². The van der Waals surface area contributed by atoms with Crippen LogP contribution in [0.25, 0.3) is 11.3 Å². The Morgan fingerprint density at radius 3 is 2.50 bits per heavy atom. The zero-order chi connectivity index (χ0) is 19.2. The maximum absolute atomic E-state index is 5.42. The third kappa shape index (κ3) is 4.35. The number of H-pyrrole nitrogens is 1. The van der Waals surface area contributed by atoms with Gasteiger partial charge >= 0.3 is 0 Å². The molecule has 1 aliphatic heterocycles. The molecule has 3 aromatic rings. The standard InChI is InChI=1S/C22H26N4O2/c1-27-21-8-4-18(5-9-21)22-19(16-24-25-22)15-23-14-17-2-6-20(7-3-17)26-10-12-28-13-11-26/h2-9,16,23H,10-15H2,1H3,(H,24,25). The van der Waals surface area contributed by atoms with Crippen molar-refractivity contribution in [1.82, 2.24) is 15.5 Å². The van der Waals surface area contributed by atoms with Gasteiger partial charge in [-0.2, -0.15) is 5.10 Å². The molecule has 0 unspecified atom stereocenters. The van der Waals surface area contributed by atoms with E-state index in [4.69, 9.17) is 9.47 Å². The van der Waals surface area contributed by atoms with Gasteiger partial charge in [-0.05, 0) is 42.0 Å². The van der Waals surface area contributed by atoms with E-state index < -0.39 is 0 Å². The summed E-state index contributed by atoms with van der Waals surface area (Å²) in [6.07, 6.45) is 1.88. The molecule has 0 bridgehead atoms. The van der Waals surface area contributed by atoms with Gasteiger partial charge in [0.05, 0.1) is 32.2 Å². The predicted molar refractivity (Wildman–Crippen MR) is 111 cm³/mol. The van der Waals surface area contributed by atoms with E-state index in [1.54, 1.807) is 7.11 Å². The van der Waals surface area contributed by atoms with Gasteiger partial charge in [-0.15, -0.1) is 0 Å². The number of rotatable bonds is 7. The van der Waals surface area contributed by atoms with Crippen LogP contribution in [0.1, 0.15) is 11.1 Å². The normalized spacial score (nSPS) is 14.2. The number of ether oxygens (including phenoxy) is 2. The lowest BCUT2D eigenvalue weighted by Gasteiger charge is -2.28. The molecule has 0 radical (unpaired) electrons. The summed E-state index contributed by atoms with van der Waals surface area (Å²) in [6.45, 7) is 5.12. The molecular formula is C22H26N4O2. The first-order valence-electron chi connectivity index (χ1n) is 9.62. The van der Waals surface area contributed by atoms with Crippen molar-refractivity contribution in [1.29, 1.82) is 0 Å². The second-order valence-electron chi connectivity index (χ2n) is 6.87.